The molecular formula is C24H34N6O7S. The number of nitrogens with two attached hydrogens (primary N) is 1. The first-order valence-corrected chi connectivity index (χ1v) is 13.9. The highest BCUT2D eigenvalue weighted by atomic mass is 32.2. The van der Waals surface area contributed by atoms with E-state index in [0.717, 1.165) is 30.8 Å². The molecule has 0 aliphatic carbocycles. The standard InChI is InChI=1S/C24H34N6O7S/c25-16-6-10-29(11-7-16)38(35)27-9-13-37-15-14-36-12-8-26-18-3-1-2-17-21(18)24(34)30(23(17)33)19-4-5-20(31)28-22(19)32/h1-3,16,19,26-27H,4-15,25H2,(H,28,31,32). The van der Waals surface area contributed by atoms with Crippen molar-refractivity contribution in [1.82, 2.24) is 19.2 Å². The highest BCUT2D eigenvalue weighted by Crippen LogP contribution is 2.32. The van der Waals surface area contributed by atoms with E-state index in [-0.39, 0.29) is 30.0 Å². The smallest absolute Gasteiger partial charge is 0.264 e. The van der Waals surface area contributed by atoms with Crippen LogP contribution >= 0.6 is 0 Å². The lowest BCUT2D eigenvalue weighted by Gasteiger charge is -2.28. The molecule has 13 nitrogen and oxygen atoms in total. The number of piperidine rings is 2. The molecule has 0 saturated carbocycles. The monoisotopic (exact) mass is 550 g/mol. The molecule has 2 saturated heterocycles. The molecule has 0 aromatic heterocycles. The van der Waals surface area contributed by atoms with E-state index in [1.165, 1.54) is 0 Å². The van der Waals surface area contributed by atoms with Gasteiger partial charge in [0.1, 0.15) is 6.04 Å². The number of benzene rings is 1. The molecule has 208 valence electrons. The van der Waals surface area contributed by atoms with Crippen LogP contribution in [0.1, 0.15) is 46.4 Å². The number of hydrogen-bond acceptors (Lipinski definition) is 9. The third-order valence-electron chi connectivity index (χ3n) is 6.61. The van der Waals surface area contributed by atoms with Gasteiger partial charge in [0.25, 0.3) is 11.8 Å². The summed E-state index contributed by atoms with van der Waals surface area (Å²) in [7, 11) is 0. The number of amides is 4. The number of anilines is 1. The predicted molar refractivity (Wildman–Crippen MR) is 138 cm³/mol. The minimum absolute atomic E-state index is 0.0696. The van der Waals surface area contributed by atoms with Crippen molar-refractivity contribution in [2.75, 3.05) is 57.9 Å². The van der Waals surface area contributed by atoms with Crippen molar-refractivity contribution in [3.8, 4) is 0 Å². The molecule has 2 unspecified atom stereocenters. The maximum atomic E-state index is 13.1. The Balaban J connectivity index is 1.13. The van der Waals surface area contributed by atoms with E-state index in [1.54, 1.807) is 18.2 Å². The molecule has 14 heteroatoms. The van der Waals surface area contributed by atoms with E-state index >= 15 is 0 Å². The average Bonchev–Trinajstić information content (AvgIpc) is 3.15. The summed E-state index contributed by atoms with van der Waals surface area (Å²) in [4.78, 5) is 50.6. The summed E-state index contributed by atoms with van der Waals surface area (Å²) in [6.45, 7) is 3.76. The summed E-state index contributed by atoms with van der Waals surface area (Å²) in [5.41, 5.74) is 6.77. The second-order valence-electron chi connectivity index (χ2n) is 9.24. The summed E-state index contributed by atoms with van der Waals surface area (Å²) in [6.07, 6.45) is 1.87. The van der Waals surface area contributed by atoms with Crippen LogP contribution in [-0.2, 0) is 30.2 Å². The van der Waals surface area contributed by atoms with E-state index in [0.29, 0.717) is 45.2 Å². The lowest BCUT2D eigenvalue weighted by atomic mass is 10.0. The van der Waals surface area contributed by atoms with Crippen LogP contribution < -0.4 is 21.1 Å². The highest BCUT2D eigenvalue weighted by Gasteiger charge is 2.45. The fraction of sp³-hybridized carbons (Fsp3) is 0.583. The van der Waals surface area contributed by atoms with Crippen LogP contribution in [0.3, 0.4) is 0 Å². The van der Waals surface area contributed by atoms with Crippen LogP contribution in [0.2, 0.25) is 0 Å². The molecule has 0 bridgehead atoms. The van der Waals surface area contributed by atoms with E-state index < -0.39 is 40.8 Å². The molecule has 4 amide bonds. The van der Waals surface area contributed by atoms with Crippen molar-refractivity contribution >= 4 is 40.5 Å². The molecule has 38 heavy (non-hydrogen) atoms. The number of nitrogens with one attached hydrogen (secondary N) is 3. The zero-order chi connectivity index (χ0) is 27.1. The van der Waals surface area contributed by atoms with Crippen LogP contribution in [0.15, 0.2) is 18.2 Å². The van der Waals surface area contributed by atoms with Crippen LogP contribution in [0.5, 0.6) is 0 Å². The molecule has 4 rings (SSSR count). The minimum atomic E-state index is -1.24. The highest BCUT2D eigenvalue weighted by molar-refractivity contribution is 7.80. The first-order chi connectivity index (χ1) is 18.4. The summed E-state index contributed by atoms with van der Waals surface area (Å²) in [5, 5.41) is 5.31. The number of carbonyl (C=O) groups is 4. The van der Waals surface area contributed by atoms with Gasteiger partial charge in [-0.05, 0) is 31.4 Å². The normalized spacial score (nSPS) is 21.5. The Morgan fingerprint density at radius 2 is 1.68 bits per heavy atom. The van der Waals surface area contributed by atoms with E-state index in [4.69, 9.17) is 15.2 Å². The molecule has 3 heterocycles. The van der Waals surface area contributed by atoms with Crippen molar-refractivity contribution in [2.45, 2.75) is 37.8 Å². The zero-order valence-electron chi connectivity index (χ0n) is 21.1. The number of fused-ring (bicyclic) bond motifs is 1. The lowest BCUT2D eigenvalue weighted by Crippen LogP contribution is -2.54. The fourth-order valence-corrected chi connectivity index (χ4v) is 5.56. The van der Waals surface area contributed by atoms with Gasteiger partial charge in [-0.15, -0.1) is 0 Å². The van der Waals surface area contributed by atoms with Gasteiger partial charge in [-0.2, -0.15) is 0 Å². The van der Waals surface area contributed by atoms with E-state index in [2.05, 4.69) is 15.4 Å². The van der Waals surface area contributed by atoms with Gasteiger partial charge in [0.05, 0.1) is 37.6 Å². The van der Waals surface area contributed by atoms with Gasteiger partial charge < -0.3 is 20.5 Å². The second-order valence-corrected chi connectivity index (χ2v) is 10.5. The Morgan fingerprint density at radius 3 is 2.39 bits per heavy atom. The van der Waals surface area contributed by atoms with E-state index in [9.17, 15) is 23.4 Å². The number of carbonyl (C=O) groups excluding carboxylic acids is 4. The second kappa shape index (κ2) is 13.4. The topological polar surface area (TPSA) is 172 Å². The van der Waals surface area contributed by atoms with Crippen LogP contribution in [0.4, 0.5) is 5.69 Å². The third kappa shape index (κ3) is 6.81. The van der Waals surface area contributed by atoms with Gasteiger partial charge in [-0.1, -0.05) is 6.07 Å². The third-order valence-corrected chi connectivity index (χ3v) is 7.89. The van der Waals surface area contributed by atoms with Crippen LogP contribution in [-0.4, -0.2) is 102 Å². The van der Waals surface area contributed by atoms with Crippen molar-refractivity contribution in [2.24, 2.45) is 5.73 Å². The Morgan fingerprint density at radius 1 is 0.974 bits per heavy atom. The van der Waals surface area contributed by atoms with Crippen molar-refractivity contribution in [3.63, 3.8) is 0 Å². The Hall–Kier alpha value is -2.75. The van der Waals surface area contributed by atoms with Crippen molar-refractivity contribution in [3.05, 3.63) is 29.3 Å². The predicted octanol–water partition coefficient (Wildman–Crippen LogP) is -0.876. The molecule has 3 aliphatic heterocycles. The quantitative estimate of drug-likeness (QED) is 0.180. The number of hydrogen-bond donors (Lipinski definition) is 4. The first kappa shape index (κ1) is 28.3. The Kier molecular flexibility index (Phi) is 9.93. The molecule has 0 spiro atoms. The van der Waals surface area contributed by atoms with Gasteiger partial charge in [0.15, 0.2) is 11.2 Å². The van der Waals surface area contributed by atoms with Gasteiger partial charge in [0.2, 0.25) is 11.8 Å². The van der Waals surface area contributed by atoms with Crippen molar-refractivity contribution in [1.29, 1.82) is 0 Å². The molecule has 3 aliphatic rings. The number of ether oxygens (including phenoxy) is 2. The Labute approximate surface area is 223 Å². The maximum absolute atomic E-state index is 13.1. The number of rotatable bonds is 13. The van der Waals surface area contributed by atoms with Gasteiger partial charge >= 0.3 is 0 Å². The molecule has 0 radical (unpaired) electrons. The minimum Gasteiger partial charge on any atom is -0.382 e. The van der Waals surface area contributed by atoms with E-state index in [1.807, 2.05) is 4.31 Å². The van der Waals surface area contributed by atoms with Crippen molar-refractivity contribution < 1.29 is 32.9 Å². The van der Waals surface area contributed by atoms with Crippen LogP contribution in [0, 0.1) is 0 Å². The Bertz CT molecular complexity index is 1080. The first-order valence-electron chi connectivity index (χ1n) is 12.8. The zero-order valence-corrected chi connectivity index (χ0v) is 21.9. The average molecular weight is 551 g/mol. The van der Waals surface area contributed by atoms with Gasteiger partial charge in [-0.25, -0.2) is 13.2 Å². The SMILES string of the molecule is NC1CCN(S(=O)NCCOCCOCCNc2cccc3c2C(=O)N(C2CCC(=O)NC2=O)C3=O)CC1. The van der Waals surface area contributed by atoms with Gasteiger partial charge in [-0.3, -0.25) is 29.4 Å². The largest absolute Gasteiger partial charge is 0.382 e. The summed E-state index contributed by atoms with van der Waals surface area (Å²) >= 11 is -1.24. The summed E-state index contributed by atoms with van der Waals surface area (Å²) in [6, 6.07) is 4.09. The molecule has 5 N–H and O–H groups in total. The summed E-state index contributed by atoms with van der Waals surface area (Å²) < 4.78 is 28.1. The molecular weight excluding hydrogens is 516 g/mol. The fourth-order valence-electron chi connectivity index (χ4n) is 4.58. The summed E-state index contributed by atoms with van der Waals surface area (Å²) in [5.74, 6) is -2.16. The number of imide groups is 2. The lowest BCUT2D eigenvalue weighted by molar-refractivity contribution is -0.136. The van der Waals surface area contributed by atoms with Crippen LogP contribution in [0.25, 0.3) is 0 Å². The van der Waals surface area contributed by atoms with Gasteiger partial charge in [0, 0.05) is 44.3 Å². The molecule has 1 aromatic rings. The molecule has 2 fully saturated rings. The molecule has 1 aromatic carbocycles. The maximum Gasteiger partial charge on any atom is 0.264 e. The number of nitrogens with zero attached hydrogens (tertiary/aromatic N) is 2. The molecule has 2 atom stereocenters.